The van der Waals surface area contributed by atoms with E-state index in [1.54, 1.807) is 38.5 Å². The maximum absolute atomic E-state index is 5.68. The number of nitrogen functional groups attached to an aromatic ring is 1. The number of nitrogens with two attached hydrogens (primary N) is 1. The predicted octanol–water partition coefficient (Wildman–Crippen LogP) is 1.67. The molecular formula is C14H18N4O3. The summed E-state index contributed by atoms with van der Waals surface area (Å²) in [6.45, 7) is 2.08. The number of aryl methyl sites for hydroxylation is 1. The molecule has 0 saturated heterocycles. The van der Waals surface area contributed by atoms with E-state index in [4.69, 9.17) is 20.1 Å². The van der Waals surface area contributed by atoms with Crippen LogP contribution in [0.1, 0.15) is 11.5 Å². The minimum absolute atomic E-state index is 0.215. The first kappa shape index (κ1) is 14.9. The molecule has 0 spiro atoms. The maximum Gasteiger partial charge on any atom is 0.168 e. The number of benzene rings is 1. The van der Waals surface area contributed by atoms with Gasteiger partial charge in [-0.1, -0.05) is 0 Å². The van der Waals surface area contributed by atoms with Crippen molar-refractivity contribution in [3.05, 3.63) is 35.8 Å². The Balaban J connectivity index is 2.14. The minimum Gasteiger partial charge on any atom is -0.496 e. The van der Waals surface area contributed by atoms with Crippen LogP contribution in [-0.4, -0.2) is 24.2 Å². The van der Waals surface area contributed by atoms with Crippen LogP contribution >= 0.6 is 0 Å². The number of hydrogen-bond acceptors (Lipinski definition) is 7. The number of anilines is 1. The average molecular weight is 290 g/mol. The molecule has 21 heavy (non-hydrogen) atoms. The minimum atomic E-state index is 0.215. The molecule has 1 aromatic carbocycles. The highest BCUT2D eigenvalue weighted by atomic mass is 16.5. The van der Waals surface area contributed by atoms with Crippen LogP contribution in [-0.2, 0) is 6.61 Å². The Kier molecular flexibility index (Phi) is 4.78. The van der Waals surface area contributed by atoms with E-state index in [1.807, 2.05) is 6.92 Å². The second kappa shape index (κ2) is 6.76. The summed E-state index contributed by atoms with van der Waals surface area (Å²) < 4.78 is 16.1. The fraction of sp³-hybridized carbons (Fsp3) is 0.286. The van der Waals surface area contributed by atoms with Gasteiger partial charge in [-0.15, -0.1) is 0 Å². The van der Waals surface area contributed by atoms with Crippen LogP contribution in [0.4, 0.5) is 5.82 Å². The molecule has 0 bridgehead atoms. The van der Waals surface area contributed by atoms with Crippen molar-refractivity contribution in [2.24, 2.45) is 5.84 Å². The smallest absolute Gasteiger partial charge is 0.168 e. The highest BCUT2D eigenvalue weighted by Gasteiger charge is 2.06. The van der Waals surface area contributed by atoms with Gasteiger partial charge in [0.2, 0.25) is 0 Å². The molecule has 3 N–H and O–H groups in total. The fourth-order valence-corrected chi connectivity index (χ4v) is 1.78. The van der Waals surface area contributed by atoms with Gasteiger partial charge in [-0.3, -0.25) is 0 Å². The number of nitrogens with one attached hydrogen (secondary N) is 1. The Bertz CT molecular complexity index is 597. The summed E-state index contributed by atoms with van der Waals surface area (Å²) in [4.78, 5) is 8.51. The van der Waals surface area contributed by atoms with Crippen molar-refractivity contribution < 1.29 is 14.2 Å². The molecule has 7 nitrogen and oxygen atoms in total. The van der Waals surface area contributed by atoms with E-state index in [2.05, 4.69) is 15.4 Å². The summed E-state index contributed by atoms with van der Waals surface area (Å²) >= 11 is 0. The molecule has 0 aliphatic heterocycles. The van der Waals surface area contributed by atoms with E-state index in [9.17, 15) is 0 Å². The third-order valence-electron chi connectivity index (χ3n) is 2.74. The van der Waals surface area contributed by atoms with E-state index in [0.29, 0.717) is 28.9 Å². The topological polar surface area (TPSA) is 91.5 Å². The molecule has 0 unspecified atom stereocenters. The van der Waals surface area contributed by atoms with Crippen molar-refractivity contribution in [2.75, 3.05) is 19.6 Å². The zero-order valence-corrected chi connectivity index (χ0v) is 12.2. The van der Waals surface area contributed by atoms with Crippen LogP contribution < -0.4 is 25.5 Å². The Morgan fingerprint density at radius 2 is 1.62 bits per heavy atom. The van der Waals surface area contributed by atoms with Crippen LogP contribution in [0, 0.1) is 6.92 Å². The summed E-state index contributed by atoms with van der Waals surface area (Å²) in [7, 11) is 3.17. The van der Waals surface area contributed by atoms with Gasteiger partial charge in [0.05, 0.1) is 14.2 Å². The first-order valence-corrected chi connectivity index (χ1v) is 6.31. The molecule has 0 saturated carbocycles. The third kappa shape index (κ3) is 3.96. The van der Waals surface area contributed by atoms with Crippen LogP contribution in [0.15, 0.2) is 24.3 Å². The van der Waals surface area contributed by atoms with Gasteiger partial charge in [-0.2, -0.15) is 0 Å². The number of rotatable bonds is 6. The van der Waals surface area contributed by atoms with Crippen molar-refractivity contribution >= 4 is 5.82 Å². The molecule has 0 aliphatic carbocycles. The Labute approximate surface area is 123 Å². The Morgan fingerprint density at radius 3 is 2.19 bits per heavy atom. The second-order valence-electron chi connectivity index (χ2n) is 4.29. The van der Waals surface area contributed by atoms with Gasteiger partial charge in [-0.05, 0) is 6.92 Å². The van der Waals surface area contributed by atoms with Crippen LogP contribution in [0.5, 0.6) is 17.2 Å². The summed E-state index contributed by atoms with van der Waals surface area (Å²) in [6, 6.07) is 7.05. The van der Waals surface area contributed by atoms with Gasteiger partial charge in [-0.25, -0.2) is 15.8 Å². The van der Waals surface area contributed by atoms with Crippen LogP contribution in [0.25, 0.3) is 0 Å². The second-order valence-corrected chi connectivity index (χ2v) is 4.29. The third-order valence-corrected chi connectivity index (χ3v) is 2.74. The number of aromatic nitrogens is 2. The molecule has 0 aliphatic rings. The van der Waals surface area contributed by atoms with Crippen molar-refractivity contribution in [3.8, 4) is 17.2 Å². The number of methoxy groups -OCH3 is 2. The quantitative estimate of drug-likeness (QED) is 0.617. The van der Waals surface area contributed by atoms with Crippen molar-refractivity contribution in [1.29, 1.82) is 0 Å². The molecule has 0 atom stereocenters. The summed E-state index contributed by atoms with van der Waals surface area (Å²) in [5, 5.41) is 0. The standard InChI is InChI=1S/C14H18N4O3/c1-9-4-13(18-15)17-14(16-9)8-21-12-6-10(19-2)5-11(7-12)20-3/h4-7H,8,15H2,1-3H3,(H,16,17,18). The van der Waals surface area contributed by atoms with E-state index < -0.39 is 0 Å². The van der Waals surface area contributed by atoms with Gasteiger partial charge in [0.25, 0.3) is 0 Å². The first-order chi connectivity index (χ1) is 10.1. The fourth-order valence-electron chi connectivity index (χ4n) is 1.78. The molecule has 0 amide bonds. The van der Waals surface area contributed by atoms with Gasteiger partial charge in [0.15, 0.2) is 5.82 Å². The summed E-state index contributed by atoms with van der Waals surface area (Å²) in [5.41, 5.74) is 3.30. The van der Waals surface area contributed by atoms with E-state index >= 15 is 0 Å². The lowest BCUT2D eigenvalue weighted by atomic mass is 10.3. The largest absolute Gasteiger partial charge is 0.496 e. The first-order valence-electron chi connectivity index (χ1n) is 6.31. The number of nitrogens with zero attached hydrogens (tertiary/aromatic N) is 2. The summed E-state index contributed by atoms with van der Waals surface area (Å²) in [6.07, 6.45) is 0. The van der Waals surface area contributed by atoms with Crippen molar-refractivity contribution in [3.63, 3.8) is 0 Å². The molecule has 2 aromatic rings. The monoisotopic (exact) mass is 290 g/mol. The molecular weight excluding hydrogens is 272 g/mol. The molecule has 1 heterocycles. The summed E-state index contributed by atoms with van der Waals surface area (Å²) in [5.74, 6) is 8.35. The zero-order chi connectivity index (χ0) is 15.2. The van der Waals surface area contributed by atoms with Gasteiger partial charge < -0.3 is 19.6 Å². The van der Waals surface area contributed by atoms with Crippen molar-refractivity contribution in [2.45, 2.75) is 13.5 Å². The Morgan fingerprint density at radius 1 is 1.00 bits per heavy atom. The predicted molar refractivity (Wildman–Crippen MR) is 78.5 cm³/mol. The van der Waals surface area contributed by atoms with E-state index in [-0.39, 0.29) is 6.61 Å². The lowest BCUT2D eigenvalue weighted by Gasteiger charge is -2.10. The molecule has 0 radical (unpaired) electrons. The highest BCUT2D eigenvalue weighted by molar-refractivity contribution is 5.42. The molecule has 7 heteroatoms. The van der Waals surface area contributed by atoms with E-state index in [0.717, 1.165) is 5.69 Å². The molecule has 2 rings (SSSR count). The number of hydrogen-bond donors (Lipinski definition) is 2. The number of hydrazine groups is 1. The average Bonchev–Trinajstić information content (AvgIpc) is 2.51. The normalized spacial score (nSPS) is 10.1. The maximum atomic E-state index is 5.68. The van der Waals surface area contributed by atoms with Crippen molar-refractivity contribution in [1.82, 2.24) is 9.97 Å². The Hall–Kier alpha value is -2.54. The lowest BCUT2D eigenvalue weighted by Crippen LogP contribution is -2.12. The highest BCUT2D eigenvalue weighted by Crippen LogP contribution is 2.27. The van der Waals surface area contributed by atoms with Crippen LogP contribution in [0.3, 0.4) is 0 Å². The molecule has 0 fully saturated rings. The molecule has 112 valence electrons. The number of ether oxygens (including phenoxy) is 3. The SMILES string of the molecule is COc1cc(OC)cc(OCc2nc(C)cc(NN)n2)c1. The van der Waals surface area contributed by atoms with E-state index in [1.165, 1.54) is 0 Å². The van der Waals surface area contributed by atoms with Gasteiger partial charge in [0, 0.05) is 30.0 Å². The van der Waals surface area contributed by atoms with Crippen LogP contribution in [0.2, 0.25) is 0 Å². The zero-order valence-electron chi connectivity index (χ0n) is 12.2. The molecule has 1 aromatic heterocycles. The lowest BCUT2D eigenvalue weighted by molar-refractivity contribution is 0.290. The van der Waals surface area contributed by atoms with Gasteiger partial charge >= 0.3 is 0 Å². The van der Waals surface area contributed by atoms with Gasteiger partial charge in [0.1, 0.15) is 29.7 Å².